The molecule has 5 heterocycles. The second-order valence-corrected chi connectivity index (χ2v) is 11.6. The van der Waals surface area contributed by atoms with Crippen LogP contribution in [0.25, 0.3) is 32.9 Å². The highest BCUT2D eigenvalue weighted by Crippen LogP contribution is 2.42. The summed E-state index contributed by atoms with van der Waals surface area (Å²) >= 11 is 0. The maximum atomic E-state index is 16.6. The summed E-state index contributed by atoms with van der Waals surface area (Å²) in [6.45, 7) is 2.52. The van der Waals surface area contributed by atoms with Crippen LogP contribution in [0.5, 0.6) is 11.8 Å². The summed E-state index contributed by atoms with van der Waals surface area (Å²) < 4.78 is 57.4. The van der Waals surface area contributed by atoms with Crippen molar-refractivity contribution < 1.29 is 27.8 Å². The van der Waals surface area contributed by atoms with Crippen molar-refractivity contribution in [1.29, 1.82) is 0 Å². The van der Waals surface area contributed by atoms with Gasteiger partial charge in [-0.3, -0.25) is 9.88 Å². The van der Waals surface area contributed by atoms with Crippen LogP contribution in [0.15, 0.2) is 30.5 Å². The molecule has 3 fully saturated rings. The Labute approximate surface area is 246 Å². The van der Waals surface area contributed by atoms with E-state index in [0.29, 0.717) is 42.6 Å². The Morgan fingerprint density at radius 2 is 2.05 bits per heavy atom. The summed E-state index contributed by atoms with van der Waals surface area (Å²) in [6, 6.07) is 5.39. The monoisotopic (exact) mass is 589 g/mol. The molecule has 3 atom stereocenters. The number of hydrogen-bond acceptors (Lipinski definition) is 8. The number of methoxy groups -OCH3 is 1. The Morgan fingerprint density at radius 3 is 2.84 bits per heavy atom. The molecule has 2 aromatic carbocycles. The fourth-order valence-corrected chi connectivity index (χ4v) is 7.03. The fraction of sp³-hybridized carbons (Fsp3) is 0.406. The van der Waals surface area contributed by atoms with Gasteiger partial charge in [-0.15, -0.1) is 6.42 Å². The predicted octanol–water partition coefficient (Wildman–Crippen LogP) is 4.99. The van der Waals surface area contributed by atoms with Gasteiger partial charge in [-0.05, 0) is 49.4 Å². The van der Waals surface area contributed by atoms with Gasteiger partial charge >= 0.3 is 6.01 Å². The van der Waals surface area contributed by atoms with Gasteiger partial charge in [0.25, 0.3) is 0 Å². The van der Waals surface area contributed by atoms with Crippen LogP contribution >= 0.6 is 0 Å². The van der Waals surface area contributed by atoms with Crippen LogP contribution in [-0.2, 0) is 4.74 Å². The number of halogens is 3. The zero-order chi connectivity index (χ0) is 29.9. The highest BCUT2D eigenvalue weighted by atomic mass is 19.1. The molecule has 7 rings (SSSR count). The van der Waals surface area contributed by atoms with Crippen LogP contribution in [0.3, 0.4) is 0 Å². The molecule has 43 heavy (non-hydrogen) atoms. The number of aromatic nitrogens is 3. The van der Waals surface area contributed by atoms with E-state index in [-0.39, 0.29) is 52.2 Å². The molecular weight excluding hydrogens is 559 g/mol. The molecule has 1 N–H and O–H groups in total. The molecule has 3 aliphatic rings. The number of alkyl halides is 1. The van der Waals surface area contributed by atoms with Gasteiger partial charge < -0.3 is 19.5 Å². The lowest BCUT2D eigenvalue weighted by molar-refractivity contribution is 0.107. The van der Waals surface area contributed by atoms with E-state index in [2.05, 4.69) is 20.8 Å². The van der Waals surface area contributed by atoms with Gasteiger partial charge in [0, 0.05) is 50.3 Å². The van der Waals surface area contributed by atoms with E-state index in [9.17, 15) is 13.9 Å². The normalized spacial score (nSPS) is 23.7. The van der Waals surface area contributed by atoms with E-state index in [4.69, 9.17) is 20.9 Å². The van der Waals surface area contributed by atoms with Crippen molar-refractivity contribution in [2.75, 3.05) is 44.8 Å². The van der Waals surface area contributed by atoms with E-state index in [1.54, 1.807) is 7.11 Å². The Kier molecular flexibility index (Phi) is 6.78. The predicted molar refractivity (Wildman–Crippen MR) is 156 cm³/mol. The molecule has 222 valence electrons. The van der Waals surface area contributed by atoms with Gasteiger partial charge in [-0.25, -0.2) is 13.2 Å². The number of benzene rings is 2. The van der Waals surface area contributed by atoms with E-state index in [1.165, 1.54) is 30.5 Å². The van der Waals surface area contributed by atoms with Crippen molar-refractivity contribution in [2.45, 2.75) is 43.5 Å². The van der Waals surface area contributed by atoms with Gasteiger partial charge in [-0.1, -0.05) is 12.0 Å². The van der Waals surface area contributed by atoms with Gasteiger partial charge in [0.1, 0.15) is 41.4 Å². The van der Waals surface area contributed by atoms with E-state index in [0.717, 1.165) is 25.8 Å². The summed E-state index contributed by atoms with van der Waals surface area (Å²) in [6.07, 6.45) is 9.06. The first-order valence-corrected chi connectivity index (χ1v) is 14.4. The van der Waals surface area contributed by atoms with E-state index < -0.39 is 23.3 Å². The van der Waals surface area contributed by atoms with Gasteiger partial charge in [-0.2, -0.15) is 9.97 Å². The Morgan fingerprint density at radius 1 is 1.19 bits per heavy atom. The van der Waals surface area contributed by atoms with E-state index >= 15 is 4.39 Å². The maximum Gasteiger partial charge on any atom is 0.319 e. The quantitative estimate of drug-likeness (QED) is 0.315. The number of phenols is 1. The first-order chi connectivity index (χ1) is 20.8. The number of anilines is 1. The summed E-state index contributed by atoms with van der Waals surface area (Å²) in [5, 5.41) is 11.5. The SMILES string of the molecule is C#Cc1c(F)ccc2cc(O)cc(-c3ncc4c(N5CC[C@@H](OC)C5)nc(OC[C@@]56CCCN5C[C@H](F)C6)nc4c3F)c12. The molecule has 0 saturated carbocycles. The third-order valence-electron chi connectivity index (χ3n) is 9.10. The van der Waals surface area contributed by atoms with Crippen molar-refractivity contribution in [2.24, 2.45) is 0 Å². The van der Waals surface area contributed by atoms with Crippen molar-refractivity contribution in [3.63, 3.8) is 0 Å². The van der Waals surface area contributed by atoms with Gasteiger partial charge in [0.05, 0.1) is 22.6 Å². The Bertz CT molecular complexity index is 1800. The molecule has 0 spiro atoms. The minimum Gasteiger partial charge on any atom is -0.508 e. The average Bonchev–Trinajstić information content (AvgIpc) is 3.70. The summed E-state index contributed by atoms with van der Waals surface area (Å²) in [5.41, 5.74) is -0.571. The average molecular weight is 590 g/mol. The van der Waals surface area contributed by atoms with Crippen molar-refractivity contribution in [1.82, 2.24) is 19.9 Å². The summed E-state index contributed by atoms with van der Waals surface area (Å²) in [7, 11) is 1.65. The zero-order valence-electron chi connectivity index (χ0n) is 23.6. The van der Waals surface area contributed by atoms with Crippen molar-refractivity contribution in [3.8, 4) is 35.4 Å². The lowest BCUT2D eigenvalue weighted by Gasteiger charge is -2.31. The van der Waals surface area contributed by atoms with Crippen molar-refractivity contribution >= 4 is 27.5 Å². The topological polar surface area (TPSA) is 83.8 Å². The standard InChI is InChI=1S/C32H30F3N5O3/c1-3-22-25(34)6-5-18-11-20(41)12-23(26(18)22)28-27(35)29-24(14-36-28)30(39-10-7-21(16-39)42-2)38-31(37-29)43-17-32-8-4-9-40(32)15-19(33)13-32/h1,5-6,11-12,14,19,21,41H,4,7-10,13,15-17H2,2H3/t19-,21-,32+/m1/s1. The summed E-state index contributed by atoms with van der Waals surface area (Å²) in [4.78, 5) is 17.7. The molecule has 0 aliphatic carbocycles. The molecule has 0 unspecified atom stereocenters. The molecule has 0 radical (unpaired) electrons. The first-order valence-electron chi connectivity index (χ1n) is 14.4. The van der Waals surface area contributed by atoms with Crippen LogP contribution < -0.4 is 9.64 Å². The van der Waals surface area contributed by atoms with Crippen LogP contribution in [0.1, 0.15) is 31.2 Å². The molecule has 0 bridgehead atoms. The third kappa shape index (κ3) is 4.60. The highest BCUT2D eigenvalue weighted by molar-refractivity contribution is 6.03. The minimum atomic E-state index is -0.923. The van der Waals surface area contributed by atoms with Crippen molar-refractivity contribution in [3.05, 3.63) is 47.7 Å². The Balaban J connectivity index is 1.37. The number of hydrogen-bond donors (Lipinski definition) is 1. The molecule has 11 heteroatoms. The third-order valence-corrected chi connectivity index (χ3v) is 9.10. The Hall–Kier alpha value is -4.14. The fourth-order valence-electron chi connectivity index (χ4n) is 7.03. The lowest BCUT2D eigenvalue weighted by atomic mass is 9.95. The largest absolute Gasteiger partial charge is 0.508 e. The second-order valence-electron chi connectivity index (χ2n) is 11.6. The van der Waals surface area contributed by atoms with E-state index in [1.807, 2.05) is 4.90 Å². The smallest absolute Gasteiger partial charge is 0.319 e. The number of nitrogens with zero attached hydrogens (tertiary/aromatic N) is 5. The van der Waals surface area contributed by atoms with Crippen LogP contribution in [-0.4, -0.2) is 82.7 Å². The number of pyridine rings is 1. The molecule has 2 aromatic heterocycles. The zero-order valence-corrected chi connectivity index (χ0v) is 23.6. The lowest BCUT2D eigenvalue weighted by Crippen LogP contribution is -2.43. The van der Waals surface area contributed by atoms with Crippen LogP contribution in [0.4, 0.5) is 19.0 Å². The minimum absolute atomic E-state index is 0.0203. The second kappa shape index (κ2) is 10.5. The molecule has 0 amide bonds. The first kappa shape index (κ1) is 27.7. The molecule has 8 nitrogen and oxygen atoms in total. The molecular formula is C32H30F3N5O3. The number of terminal acetylenes is 1. The molecule has 3 aliphatic heterocycles. The van der Waals surface area contributed by atoms with Gasteiger partial charge in [0.2, 0.25) is 0 Å². The van der Waals surface area contributed by atoms with Crippen LogP contribution in [0, 0.1) is 24.0 Å². The highest BCUT2D eigenvalue weighted by Gasteiger charge is 2.49. The number of aromatic hydroxyl groups is 1. The number of ether oxygens (including phenoxy) is 2. The molecule has 3 saturated heterocycles. The number of fused-ring (bicyclic) bond motifs is 3. The van der Waals surface area contributed by atoms with Crippen LogP contribution in [0.2, 0.25) is 0 Å². The molecule has 4 aromatic rings. The number of phenolic OH excluding ortho intramolecular Hbond substituents is 1. The van der Waals surface area contributed by atoms with Gasteiger partial charge in [0.15, 0.2) is 5.82 Å². The summed E-state index contributed by atoms with van der Waals surface area (Å²) in [5.74, 6) is 1.21. The number of rotatable bonds is 6. The maximum absolute atomic E-state index is 16.6.